The summed E-state index contributed by atoms with van der Waals surface area (Å²) in [5, 5.41) is 8.56. The number of aromatic nitrogens is 3. The van der Waals surface area contributed by atoms with Crippen molar-refractivity contribution in [2.75, 3.05) is 13.2 Å². The average molecular weight is 539 g/mol. The zero-order valence-electron chi connectivity index (χ0n) is 24.2. The first-order valence-electron chi connectivity index (χ1n) is 14.3. The molecule has 7 heteroatoms. The van der Waals surface area contributed by atoms with Crippen molar-refractivity contribution >= 4 is 22.9 Å². The lowest BCUT2D eigenvalue weighted by atomic mass is 9.83. The summed E-state index contributed by atoms with van der Waals surface area (Å²) >= 11 is 0. The van der Waals surface area contributed by atoms with E-state index in [0.717, 1.165) is 63.7 Å². The highest BCUT2D eigenvalue weighted by Gasteiger charge is 2.27. The van der Waals surface area contributed by atoms with Gasteiger partial charge in [-0.15, -0.1) is 5.10 Å². The normalized spacial score (nSPS) is 13.8. The lowest BCUT2D eigenvalue weighted by molar-refractivity contribution is -0.143. The van der Waals surface area contributed by atoms with Crippen LogP contribution < -0.4 is 0 Å². The lowest BCUT2D eigenvalue weighted by Crippen LogP contribution is -2.36. The van der Waals surface area contributed by atoms with Crippen LogP contribution in [0, 0.1) is 6.92 Å². The second-order valence-electron chi connectivity index (χ2n) is 10.6. The van der Waals surface area contributed by atoms with Gasteiger partial charge in [0.05, 0.1) is 18.5 Å². The van der Waals surface area contributed by atoms with Gasteiger partial charge in [-0.3, -0.25) is 9.59 Å². The predicted octanol–water partition coefficient (Wildman–Crippen LogP) is 5.69. The van der Waals surface area contributed by atoms with E-state index in [2.05, 4.69) is 60.6 Å². The van der Waals surface area contributed by atoms with Crippen molar-refractivity contribution < 1.29 is 14.3 Å². The maximum absolute atomic E-state index is 13.7. The minimum Gasteiger partial charge on any atom is -0.466 e. The highest BCUT2D eigenvalue weighted by molar-refractivity contribution is 5.96. The van der Waals surface area contributed by atoms with E-state index < -0.39 is 0 Å². The molecule has 0 saturated heterocycles. The summed E-state index contributed by atoms with van der Waals surface area (Å²) in [5.41, 5.74) is 10.4. The van der Waals surface area contributed by atoms with E-state index in [1.54, 1.807) is 4.68 Å². The van der Waals surface area contributed by atoms with E-state index in [1.807, 2.05) is 37.9 Å². The van der Waals surface area contributed by atoms with Gasteiger partial charge in [0.15, 0.2) is 0 Å². The molecule has 40 heavy (non-hydrogen) atoms. The van der Waals surface area contributed by atoms with Crippen molar-refractivity contribution in [1.29, 1.82) is 0 Å². The average Bonchev–Trinajstić information content (AvgIpc) is 3.36. The van der Waals surface area contributed by atoms with Crippen molar-refractivity contribution in [3.05, 3.63) is 93.0 Å². The maximum Gasteiger partial charge on any atom is 0.306 e. The fourth-order valence-corrected chi connectivity index (χ4v) is 5.93. The zero-order chi connectivity index (χ0) is 28.4. The fourth-order valence-electron chi connectivity index (χ4n) is 5.93. The number of aryl methyl sites for hydroxylation is 4. The molecule has 0 bridgehead atoms. The first-order valence-corrected chi connectivity index (χ1v) is 14.3. The number of ether oxygens (including phenoxy) is 1. The Hall–Kier alpha value is -4.00. The molecule has 1 amide bonds. The Kier molecular flexibility index (Phi) is 8.01. The molecule has 4 aromatic rings. The number of rotatable bonds is 8. The summed E-state index contributed by atoms with van der Waals surface area (Å²) in [5.74, 6) is -0.346. The molecule has 1 unspecified atom stereocenters. The van der Waals surface area contributed by atoms with Crippen LogP contribution in [-0.2, 0) is 42.4 Å². The minimum atomic E-state index is -0.233. The molecule has 0 aliphatic carbocycles. The van der Waals surface area contributed by atoms with Crippen molar-refractivity contribution in [3.63, 3.8) is 0 Å². The Bertz CT molecular complexity index is 1570. The maximum atomic E-state index is 13.7. The molecule has 7 nitrogen and oxygen atoms in total. The van der Waals surface area contributed by atoms with Crippen LogP contribution in [-0.4, -0.2) is 44.9 Å². The van der Waals surface area contributed by atoms with Crippen LogP contribution >= 0.6 is 0 Å². The monoisotopic (exact) mass is 538 g/mol. The van der Waals surface area contributed by atoms with Gasteiger partial charge in [-0.05, 0) is 84.2 Å². The number of hydrogen-bond acceptors (Lipinski definition) is 5. The van der Waals surface area contributed by atoms with Crippen molar-refractivity contribution in [2.24, 2.45) is 7.05 Å². The van der Waals surface area contributed by atoms with Gasteiger partial charge in [-0.25, -0.2) is 4.68 Å². The smallest absolute Gasteiger partial charge is 0.306 e. The highest BCUT2D eigenvalue weighted by Crippen LogP contribution is 2.35. The topological polar surface area (TPSA) is 77.3 Å². The molecule has 0 N–H and O–H groups in total. The summed E-state index contributed by atoms with van der Waals surface area (Å²) in [6.07, 6.45) is 2.82. The van der Waals surface area contributed by atoms with Crippen LogP contribution in [0.1, 0.15) is 82.4 Å². The van der Waals surface area contributed by atoms with Crippen molar-refractivity contribution in [2.45, 2.75) is 65.8 Å². The van der Waals surface area contributed by atoms with Gasteiger partial charge in [0.2, 0.25) is 0 Å². The van der Waals surface area contributed by atoms with Gasteiger partial charge >= 0.3 is 5.97 Å². The van der Waals surface area contributed by atoms with Crippen LogP contribution in [0.4, 0.5) is 0 Å². The van der Waals surface area contributed by atoms with Gasteiger partial charge in [0, 0.05) is 31.6 Å². The third kappa shape index (κ3) is 5.25. The molecule has 0 radical (unpaired) electrons. The number of carbonyl (C=O) groups is 2. The van der Waals surface area contributed by atoms with E-state index in [1.165, 1.54) is 11.1 Å². The van der Waals surface area contributed by atoms with Crippen molar-refractivity contribution in [3.8, 4) is 0 Å². The molecule has 1 aliphatic heterocycles. The SMILES string of the molecule is CCOC(=O)CC(c1ccc2c(c1)CN(C(=O)c1ccc(CC)cc1CC)CC2)c1ccc2c(nnn2C)c1C. The number of hydrogen-bond donors (Lipinski definition) is 0. The number of benzene rings is 3. The Morgan fingerprint density at radius 2 is 1.82 bits per heavy atom. The van der Waals surface area contributed by atoms with Crippen LogP contribution in [0.25, 0.3) is 11.0 Å². The van der Waals surface area contributed by atoms with Gasteiger partial charge in [-0.1, -0.05) is 55.5 Å². The number of esters is 1. The number of carbonyl (C=O) groups excluding carboxylic acids is 2. The summed E-state index contributed by atoms with van der Waals surface area (Å²) in [7, 11) is 1.88. The first kappa shape index (κ1) is 27.6. The van der Waals surface area contributed by atoms with E-state index in [4.69, 9.17) is 4.74 Å². The lowest BCUT2D eigenvalue weighted by Gasteiger charge is -2.31. The zero-order valence-corrected chi connectivity index (χ0v) is 24.2. The number of amides is 1. The third-order valence-corrected chi connectivity index (χ3v) is 8.25. The van der Waals surface area contributed by atoms with E-state index in [9.17, 15) is 9.59 Å². The van der Waals surface area contributed by atoms with Gasteiger partial charge < -0.3 is 9.64 Å². The molecule has 0 spiro atoms. The van der Waals surface area contributed by atoms with E-state index >= 15 is 0 Å². The largest absolute Gasteiger partial charge is 0.466 e. The molecule has 0 fully saturated rings. The molecule has 0 saturated carbocycles. The van der Waals surface area contributed by atoms with Crippen LogP contribution in [0.3, 0.4) is 0 Å². The van der Waals surface area contributed by atoms with Gasteiger partial charge in [0.25, 0.3) is 5.91 Å². The van der Waals surface area contributed by atoms with Crippen LogP contribution in [0.2, 0.25) is 0 Å². The minimum absolute atomic E-state index is 0.0857. The molecular formula is C33H38N4O3. The van der Waals surface area contributed by atoms with E-state index in [0.29, 0.717) is 19.7 Å². The molecule has 208 valence electrons. The number of fused-ring (bicyclic) bond motifs is 2. The molecule has 1 atom stereocenters. The Morgan fingerprint density at radius 1 is 1.00 bits per heavy atom. The second kappa shape index (κ2) is 11.6. The van der Waals surface area contributed by atoms with Crippen LogP contribution in [0.5, 0.6) is 0 Å². The Morgan fingerprint density at radius 3 is 2.58 bits per heavy atom. The van der Waals surface area contributed by atoms with Gasteiger partial charge in [-0.2, -0.15) is 0 Å². The second-order valence-corrected chi connectivity index (χ2v) is 10.6. The number of nitrogens with zero attached hydrogens (tertiary/aromatic N) is 4. The molecule has 1 aromatic heterocycles. The highest BCUT2D eigenvalue weighted by atomic mass is 16.5. The fraction of sp³-hybridized carbons (Fsp3) is 0.394. The van der Waals surface area contributed by atoms with Crippen molar-refractivity contribution in [1.82, 2.24) is 19.9 Å². The summed E-state index contributed by atoms with van der Waals surface area (Å²) in [6.45, 7) is 9.69. The van der Waals surface area contributed by atoms with E-state index in [-0.39, 0.29) is 24.2 Å². The molecule has 3 aromatic carbocycles. The predicted molar refractivity (Wildman–Crippen MR) is 156 cm³/mol. The summed E-state index contributed by atoms with van der Waals surface area (Å²) in [6, 6.07) is 16.8. The summed E-state index contributed by atoms with van der Waals surface area (Å²) in [4.78, 5) is 28.4. The molecule has 2 heterocycles. The standard InChI is InChI=1S/C33H38N4O3/c1-6-22-9-12-28(23(7-2)17-22)33(39)37-16-15-24-10-11-25(18-26(24)20-37)29(19-31(38)40-8-3)27-13-14-30-32(21(27)4)34-35-36(30)5/h9-14,17-18,29H,6-8,15-16,19-20H2,1-5H3. The third-order valence-electron chi connectivity index (χ3n) is 8.25. The molecule has 1 aliphatic rings. The Balaban J connectivity index is 1.49. The summed E-state index contributed by atoms with van der Waals surface area (Å²) < 4.78 is 7.13. The Labute approximate surface area is 236 Å². The van der Waals surface area contributed by atoms with Crippen LogP contribution in [0.15, 0.2) is 48.5 Å². The molecule has 5 rings (SSSR count). The molecular weight excluding hydrogens is 500 g/mol. The quantitative estimate of drug-likeness (QED) is 0.270. The van der Waals surface area contributed by atoms with Gasteiger partial charge in [0.1, 0.15) is 5.52 Å². The first-order chi connectivity index (χ1) is 19.3.